The maximum absolute atomic E-state index is 13.0. The molecule has 2 aliphatic rings. The zero-order chi connectivity index (χ0) is 25.5. The summed E-state index contributed by atoms with van der Waals surface area (Å²) in [5.74, 6) is 2.29. The molecule has 0 bridgehead atoms. The lowest BCUT2D eigenvalue weighted by Crippen LogP contribution is -2.18. The zero-order valence-electron chi connectivity index (χ0n) is 19.9. The molecule has 4 heterocycles. The van der Waals surface area contributed by atoms with Gasteiger partial charge in [-0.25, -0.2) is 9.78 Å². The molecule has 0 saturated heterocycles. The number of nitrogen functional groups attached to an aromatic ring is 1. The minimum Gasteiger partial charge on any atom is -0.493 e. The van der Waals surface area contributed by atoms with E-state index in [2.05, 4.69) is 25.4 Å². The summed E-state index contributed by atoms with van der Waals surface area (Å²) in [6.45, 7) is 1.01. The third-order valence-corrected chi connectivity index (χ3v) is 6.29. The van der Waals surface area contributed by atoms with Crippen molar-refractivity contribution in [2.75, 3.05) is 25.0 Å². The van der Waals surface area contributed by atoms with Crippen molar-refractivity contribution in [3.63, 3.8) is 0 Å². The van der Waals surface area contributed by atoms with Gasteiger partial charge < -0.3 is 31.0 Å². The van der Waals surface area contributed by atoms with Gasteiger partial charge in [0, 0.05) is 23.0 Å². The molecule has 188 valence electrons. The number of nitrogens with zero attached hydrogens (tertiary/aromatic N) is 4. The molecule has 0 saturated carbocycles. The van der Waals surface area contributed by atoms with Crippen LogP contribution in [0.2, 0.25) is 0 Å². The summed E-state index contributed by atoms with van der Waals surface area (Å²) in [6.07, 6.45) is 1.55. The molecule has 0 aliphatic carbocycles. The molecule has 2 aromatic carbocycles. The lowest BCUT2D eigenvalue weighted by atomic mass is 10.0. The van der Waals surface area contributed by atoms with Crippen molar-refractivity contribution in [2.24, 2.45) is 10.7 Å². The third kappa shape index (κ3) is 4.02. The highest BCUT2D eigenvalue weighted by Gasteiger charge is 2.26. The Hall–Kier alpha value is -4.84. The Balaban J connectivity index is 1.46. The van der Waals surface area contributed by atoms with Crippen LogP contribution in [0.25, 0.3) is 5.82 Å². The molecule has 0 spiro atoms. The summed E-state index contributed by atoms with van der Waals surface area (Å²) in [4.78, 5) is 24.3. The number of ether oxygens (including phenoxy) is 3. The van der Waals surface area contributed by atoms with Gasteiger partial charge in [-0.15, -0.1) is 5.10 Å². The first kappa shape index (κ1) is 22.6. The van der Waals surface area contributed by atoms with Gasteiger partial charge in [0.1, 0.15) is 11.9 Å². The number of aromatic amines is 1. The maximum atomic E-state index is 13.0. The highest BCUT2D eigenvalue weighted by Crippen LogP contribution is 2.39. The van der Waals surface area contributed by atoms with Gasteiger partial charge in [-0.2, -0.15) is 4.68 Å². The van der Waals surface area contributed by atoms with Crippen molar-refractivity contribution in [1.29, 1.82) is 0 Å². The van der Waals surface area contributed by atoms with Gasteiger partial charge in [0.05, 0.1) is 25.9 Å². The number of methoxy groups -OCH3 is 1. The summed E-state index contributed by atoms with van der Waals surface area (Å²) >= 11 is 0. The summed E-state index contributed by atoms with van der Waals surface area (Å²) in [7, 11) is 1.58. The van der Waals surface area contributed by atoms with Crippen LogP contribution in [-0.2, 0) is 17.9 Å². The van der Waals surface area contributed by atoms with Crippen molar-refractivity contribution < 1.29 is 14.2 Å². The molecule has 4 aromatic rings. The molecular formula is C25H24N8O4. The largest absolute Gasteiger partial charge is 0.493 e. The second kappa shape index (κ2) is 8.99. The first-order valence-electron chi connectivity index (χ1n) is 11.5. The Morgan fingerprint density at radius 3 is 2.92 bits per heavy atom. The molecule has 12 nitrogen and oxygen atoms in total. The number of hydrogen-bond donors (Lipinski definition) is 4. The highest BCUT2D eigenvalue weighted by atomic mass is 16.7. The third-order valence-electron chi connectivity index (χ3n) is 6.29. The predicted octanol–water partition coefficient (Wildman–Crippen LogP) is 1.83. The summed E-state index contributed by atoms with van der Waals surface area (Å²) in [5, 5.41) is 8.06. The number of hydrogen-bond acceptors (Lipinski definition) is 10. The van der Waals surface area contributed by atoms with Gasteiger partial charge >= 0.3 is 5.69 Å². The number of nitrogens with one attached hydrogen (secondary N) is 2. The van der Waals surface area contributed by atoms with E-state index in [1.807, 2.05) is 30.3 Å². The monoisotopic (exact) mass is 500 g/mol. The van der Waals surface area contributed by atoms with Gasteiger partial charge in [-0.3, -0.25) is 9.98 Å². The lowest BCUT2D eigenvalue weighted by Gasteiger charge is -2.24. The van der Waals surface area contributed by atoms with Gasteiger partial charge in [0.25, 0.3) is 0 Å². The summed E-state index contributed by atoms with van der Waals surface area (Å²) in [6, 6.07) is 12.4. The zero-order valence-corrected chi connectivity index (χ0v) is 19.9. The van der Waals surface area contributed by atoms with Crippen LogP contribution in [0.4, 0.5) is 11.4 Å². The van der Waals surface area contributed by atoms with Crippen molar-refractivity contribution in [3.05, 3.63) is 87.2 Å². The number of pyridine rings is 1. The normalized spacial score (nSPS) is 14.8. The van der Waals surface area contributed by atoms with Crippen LogP contribution in [0.3, 0.4) is 0 Å². The van der Waals surface area contributed by atoms with Gasteiger partial charge in [-0.05, 0) is 53.6 Å². The molecular weight excluding hydrogens is 476 g/mol. The fourth-order valence-electron chi connectivity index (χ4n) is 4.52. The molecule has 0 radical (unpaired) electrons. The first-order valence-corrected chi connectivity index (χ1v) is 11.5. The van der Waals surface area contributed by atoms with Crippen LogP contribution in [-0.4, -0.2) is 39.5 Å². The van der Waals surface area contributed by atoms with E-state index in [0.29, 0.717) is 42.0 Å². The molecule has 0 unspecified atom stereocenters. The SMILES string of the molecule is COc1cc([C@H](Nc2ccc3c(c2)CN=C3N)c2nn(-c3ncccc3N)c(=O)[nH]2)cc2c1OCOC2. The Bertz CT molecular complexity index is 1570. The van der Waals surface area contributed by atoms with Gasteiger partial charge in [0.15, 0.2) is 29.9 Å². The Kier molecular flexibility index (Phi) is 5.49. The average molecular weight is 501 g/mol. The minimum atomic E-state index is -0.585. The molecule has 6 rings (SSSR count). The van der Waals surface area contributed by atoms with E-state index in [9.17, 15) is 4.79 Å². The van der Waals surface area contributed by atoms with E-state index in [-0.39, 0.29) is 12.6 Å². The molecule has 1 atom stereocenters. The second-order valence-electron chi connectivity index (χ2n) is 8.62. The number of fused-ring (bicyclic) bond motifs is 2. The topological polar surface area (TPSA) is 168 Å². The van der Waals surface area contributed by atoms with Crippen LogP contribution in [0, 0.1) is 0 Å². The molecule has 2 aliphatic heterocycles. The lowest BCUT2D eigenvalue weighted by molar-refractivity contribution is -0.0180. The molecule has 2 aromatic heterocycles. The Morgan fingerprint density at radius 1 is 1.19 bits per heavy atom. The maximum Gasteiger partial charge on any atom is 0.349 e. The van der Waals surface area contributed by atoms with E-state index in [4.69, 9.17) is 25.7 Å². The highest BCUT2D eigenvalue weighted by molar-refractivity contribution is 6.01. The van der Waals surface area contributed by atoms with Crippen LogP contribution in [0.5, 0.6) is 11.5 Å². The minimum absolute atomic E-state index is 0.147. The van der Waals surface area contributed by atoms with Crippen molar-refractivity contribution in [2.45, 2.75) is 19.2 Å². The molecule has 37 heavy (non-hydrogen) atoms. The number of rotatable bonds is 6. The second-order valence-corrected chi connectivity index (χ2v) is 8.62. The fourth-order valence-corrected chi connectivity index (χ4v) is 4.52. The van der Waals surface area contributed by atoms with E-state index in [1.165, 1.54) is 0 Å². The van der Waals surface area contributed by atoms with Crippen molar-refractivity contribution >= 4 is 17.2 Å². The quantitative estimate of drug-likeness (QED) is 0.309. The molecule has 0 fully saturated rings. The number of benzene rings is 2. The predicted molar refractivity (Wildman–Crippen MR) is 136 cm³/mol. The molecule has 0 amide bonds. The fraction of sp³-hybridized carbons (Fsp3) is 0.200. The summed E-state index contributed by atoms with van der Waals surface area (Å²) in [5.41, 5.74) is 16.2. The standard InChI is InChI=1S/C25H24N8O4/c1-35-19-9-13(7-15-11-36-12-37-21(15)19)20(30-16-4-5-17-14(8-16)10-29-22(17)27)23-31-25(34)33(32-23)24-18(26)3-2-6-28-24/h2-9,20,30H,10-12,26H2,1H3,(H2,27,29)(H,31,32,34)/t20-/m0/s1. The van der Waals surface area contributed by atoms with Gasteiger partial charge in [-0.1, -0.05) is 0 Å². The smallest absolute Gasteiger partial charge is 0.349 e. The molecule has 6 N–H and O–H groups in total. The Labute approximate surface area is 210 Å². The van der Waals surface area contributed by atoms with Crippen molar-refractivity contribution in [3.8, 4) is 17.3 Å². The van der Waals surface area contributed by atoms with Crippen molar-refractivity contribution in [1.82, 2.24) is 19.7 Å². The van der Waals surface area contributed by atoms with Crippen LogP contribution < -0.4 is 31.9 Å². The number of H-pyrrole nitrogens is 1. The Morgan fingerprint density at radius 2 is 2.08 bits per heavy atom. The number of amidine groups is 1. The number of aliphatic imine (C=N–C) groups is 1. The molecule has 12 heteroatoms. The van der Waals surface area contributed by atoms with E-state index in [0.717, 1.165) is 32.6 Å². The van der Waals surface area contributed by atoms with Crippen LogP contribution in [0.1, 0.15) is 34.1 Å². The van der Waals surface area contributed by atoms with Crippen LogP contribution in [0.15, 0.2) is 58.4 Å². The van der Waals surface area contributed by atoms with E-state index in [1.54, 1.807) is 25.4 Å². The van der Waals surface area contributed by atoms with E-state index >= 15 is 0 Å². The number of aromatic nitrogens is 4. The van der Waals surface area contributed by atoms with Gasteiger partial charge in [0.2, 0.25) is 0 Å². The summed E-state index contributed by atoms with van der Waals surface area (Å²) < 4.78 is 17.9. The van der Waals surface area contributed by atoms with E-state index < -0.39 is 11.7 Å². The number of anilines is 2. The number of nitrogens with two attached hydrogens (primary N) is 2. The first-order chi connectivity index (χ1) is 18.0. The average Bonchev–Trinajstić information content (AvgIpc) is 3.48. The van der Waals surface area contributed by atoms with Crippen LogP contribution >= 0.6 is 0 Å².